The van der Waals surface area contributed by atoms with Crippen LogP contribution in [0.15, 0.2) is 60.4 Å². The number of aromatic hydroxyl groups is 1. The Labute approximate surface area is 208 Å². The molecule has 3 heterocycles. The first-order valence-electron chi connectivity index (χ1n) is 10.6. The molecular weight excluding hydrogens is 483 g/mol. The van der Waals surface area contributed by atoms with Crippen molar-refractivity contribution in [3.05, 3.63) is 94.0 Å². The van der Waals surface area contributed by atoms with E-state index >= 15 is 0 Å². The van der Waals surface area contributed by atoms with Gasteiger partial charge in [-0.15, -0.1) is 11.3 Å². The number of fused-ring (bicyclic) bond motifs is 1. The van der Waals surface area contributed by atoms with Crippen molar-refractivity contribution in [3.63, 3.8) is 0 Å². The van der Waals surface area contributed by atoms with E-state index in [4.69, 9.17) is 5.73 Å². The monoisotopic (exact) mass is 500 g/mol. The Morgan fingerprint density at radius 1 is 1.14 bits per heavy atom. The Morgan fingerprint density at radius 2 is 1.92 bits per heavy atom. The SMILES string of the molecule is Nc1ncc(C#Cc2ccc3c(c2)C(=O)N([C@H](C(=O)Nc2nccs2)c2cc(F)ccc2O)C3)cn1. The molecule has 2 amide bonds. The molecule has 0 saturated carbocycles. The molecule has 178 valence electrons. The molecule has 9 nitrogen and oxygen atoms in total. The van der Waals surface area contributed by atoms with Crippen LogP contribution in [0, 0.1) is 17.7 Å². The first-order valence-corrected chi connectivity index (χ1v) is 11.5. The van der Waals surface area contributed by atoms with Gasteiger partial charge >= 0.3 is 0 Å². The highest BCUT2D eigenvalue weighted by Gasteiger charge is 2.39. The number of rotatable bonds is 4. The predicted molar refractivity (Wildman–Crippen MR) is 130 cm³/mol. The molecule has 1 aliphatic rings. The lowest BCUT2D eigenvalue weighted by atomic mass is 10.0. The summed E-state index contributed by atoms with van der Waals surface area (Å²) in [4.78, 5) is 39.8. The van der Waals surface area contributed by atoms with Crippen LogP contribution in [0.3, 0.4) is 0 Å². The maximum atomic E-state index is 14.1. The van der Waals surface area contributed by atoms with Crippen LogP contribution >= 0.6 is 11.3 Å². The van der Waals surface area contributed by atoms with Gasteiger partial charge in [0.15, 0.2) is 5.13 Å². The van der Waals surface area contributed by atoms with Gasteiger partial charge in [-0.05, 0) is 35.9 Å². The Morgan fingerprint density at radius 3 is 2.67 bits per heavy atom. The molecule has 0 unspecified atom stereocenters. The van der Waals surface area contributed by atoms with Gasteiger partial charge in [0.05, 0.1) is 5.56 Å². The molecule has 0 bridgehead atoms. The number of carbonyl (C=O) groups excluding carboxylic acids is 2. The van der Waals surface area contributed by atoms with Gasteiger partial charge in [0.2, 0.25) is 5.95 Å². The lowest BCUT2D eigenvalue weighted by Gasteiger charge is -2.27. The van der Waals surface area contributed by atoms with Crippen molar-refractivity contribution < 1.29 is 19.1 Å². The number of anilines is 2. The van der Waals surface area contributed by atoms with Crippen LogP contribution in [0.2, 0.25) is 0 Å². The molecule has 0 fully saturated rings. The zero-order chi connectivity index (χ0) is 25.2. The quantitative estimate of drug-likeness (QED) is 0.367. The number of nitrogens with two attached hydrogens (primary N) is 1. The Balaban J connectivity index is 1.48. The van der Waals surface area contributed by atoms with Crippen molar-refractivity contribution in [2.24, 2.45) is 0 Å². The number of halogens is 1. The number of nitrogens with zero attached hydrogens (tertiary/aromatic N) is 4. The van der Waals surface area contributed by atoms with E-state index in [9.17, 15) is 19.1 Å². The number of nitrogens with one attached hydrogen (secondary N) is 1. The second-order valence-electron chi connectivity index (χ2n) is 7.82. The van der Waals surface area contributed by atoms with Gasteiger partial charge in [-0.3, -0.25) is 14.9 Å². The van der Waals surface area contributed by atoms with Crippen LogP contribution in [0.5, 0.6) is 5.75 Å². The molecule has 1 aliphatic heterocycles. The van der Waals surface area contributed by atoms with Gasteiger partial charge in [0, 0.05) is 47.2 Å². The van der Waals surface area contributed by atoms with E-state index in [2.05, 4.69) is 32.1 Å². The number of hydrogen-bond acceptors (Lipinski definition) is 8. The summed E-state index contributed by atoms with van der Waals surface area (Å²) < 4.78 is 14.1. The van der Waals surface area contributed by atoms with E-state index in [1.54, 1.807) is 23.6 Å². The van der Waals surface area contributed by atoms with E-state index < -0.39 is 23.7 Å². The first-order chi connectivity index (χ1) is 17.4. The minimum Gasteiger partial charge on any atom is -0.508 e. The molecule has 0 saturated heterocycles. The maximum Gasteiger partial charge on any atom is 0.255 e. The molecule has 2 aromatic heterocycles. The number of benzene rings is 2. The second kappa shape index (κ2) is 9.44. The molecule has 4 aromatic rings. The molecule has 0 radical (unpaired) electrons. The molecule has 1 atom stereocenters. The number of hydrogen-bond donors (Lipinski definition) is 3. The molecule has 2 aromatic carbocycles. The highest BCUT2D eigenvalue weighted by molar-refractivity contribution is 7.13. The van der Waals surface area contributed by atoms with Crippen LogP contribution in [0.4, 0.5) is 15.5 Å². The number of aromatic nitrogens is 3. The lowest BCUT2D eigenvalue weighted by Crippen LogP contribution is -2.37. The molecule has 36 heavy (non-hydrogen) atoms. The van der Waals surface area contributed by atoms with E-state index in [1.165, 1.54) is 34.8 Å². The van der Waals surface area contributed by atoms with Gasteiger partial charge in [0.25, 0.3) is 11.8 Å². The van der Waals surface area contributed by atoms with E-state index in [0.29, 0.717) is 27.4 Å². The topological polar surface area (TPSA) is 134 Å². The summed E-state index contributed by atoms with van der Waals surface area (Å²) in [5, 5.41) is 15.1. The zero-order valence-corrected chi connectivity index (χ0v) is 19.3. The van der Waals surface area contributed by atoms with Crippen molar-refractivity contribution in [2.45, 2.75) is 12.6 Å². The number of thiazole rings is 1. The molecule has 5 rings (SSSR count). The zero-order valence-electron chi connectivity index (χ0n) is 18.5. The summed E-state index contributed by atoms with van der Waals surface area (Å²) in [6.07, 6.45) is 4.50. The molecule has 0 spiro atoms. The number of nitrogen functional groups attached to an aromatic ring is 1. The summed E-state index contributed by atoms with van der Waals surface area (Å²) in [5.74, 6) is 3.97. The van der Waals surface area contributed by atoms with Crippen molar-refractivity contribution in [2.75, 3.05) is 11.1 Å². The Kier molecular flexibility index (Phi) is 6.02. The van der Waals surface area contributed by atoms with Gasteiger partial charge in [0.1, 0.15) is 17.6 Å². The Bertz CT molecular complexity index is 1530. The number of amides is 2. The third-order valence-corrected chi connectivity index (χ3v) is 6.16. The number of phenolic OH excluding ortho intramolecular Hbond substituents is 1. The normalized spacial score (nSPS) is 13.0. The summed E-state index contributed by atoms with van der Waals surface area (Å²) in [5.41, 5.74) is 7.60. The highest BCUT2D eigenvalue weighted by Crippen LogP contribution is 2.36. The van der Waals surface area contributed by atoms with Crippen LogP contribution < -0.4 is 11.1 Å². The summed E-state index contributed by atoms with van der Waals surface area (Å²) in [7, 11) is 0. The van der Waals surface area contributed by atoms with Gasteiger partial charge in [-0.25, -0.2) is 19.3 Å². The average Bonchev–Trinajstić information content (AvgIpc) is 3.49. The summed E-state index contributed by atoms with van der Waals surface area (Å²) in [6, 6.07) is 7.10. The van der Waals surface area contributed by atoms with Crippen LogP contribution in [0.1, 0.15) is 38.7 Å². The van der Waals surface area contributed by atoms with E-state index in [-0.39, 0.29) is 23.8 Å². The largest absolute Gasteiger partial charge is 0.508 e. The summed E-state index contributed by atoms with van der Waals surface area (Å²) >= 11 is 1.19. The van der Waals surface area contributed by atoms with Crippen LogP contribution in [-0.2, 0) is 11.3 Å². The Hall–Kier alpha value is -4.82. The van der Waals surface area contributed by atoms with Gasteiger partial charge in [-0.2, -0.15) is 0 Å². The molecular formula is C25H17FN6O3S. The molecule has 4 N–H and O–H groups in total. The fourth-order valence-corrected chi connectivity index (χ4v) is 4.34. The van der Waals surface area contributed by atoms with E-state index in [1.807, 2.05) is 0 Å². The third kappa shape index (κ3) is 4.57. The minimum atomic E-state index is -1.30. The van der Waals surface area contributed by atoms with Crippen molar-refractivity contribution >= 4 is 34.2 Å². The number of carbonyl (C=O) groups is 2. The van der Waals surface area contributed by atoms with Crippen molar-refractivity contribution in [3.8, 4) is 17.6 Å². The first kappa shape index (κ1) is 22.9. The fourth-order valence-electron chi connectivity index (χ4n) is 3.81. The maximum absolute atomic E-state index is 14.1. The van der Waals surface area contributed by atoms with Crippen molar-refractivity contribution in [1.82, 2.24) is 19.9 Å². The lowest BCUT2D eigenvalue weighted by molar-refractivity contribution is -0.120. The van der Waals surface area contributed by atoms with Crippen LogP contribution in [0.25, 0.3) is 0 Å². The standard InChI is InChI=1S/C25H17FN6O3S/c26-17-5-6-20(33)19(10-17)21(22(34)31-25-28-7-8-36-25)32-13-16-4-3-14(9-18(16)23(32)35)1-2-15-11-29-24(27)30-12-15/h3-12,21,33H,13H2,(H2,27,29,30)(H,28,31,34)/t21-/m0/s1. The van der Waals surface area contributed by atoms with Crippen molar-refractivity contribution in [1.29, 1.82) is 0 Å². The summed E-state index contributed by atoms with van der Waals surface area (Å²) in [6.45, 7) is 0.0829. The average molecular weight is 501 g/mol. The predicted octanol–water partition coefficient (Wildman–Crippen LogP) is 3.10. The van der Waals surface area contributed by atoms with Gasteiger partial charge < -0.3 is 15.7 Å². The minimum absolute atomic E-state index is 0.0337. The van der Waals surface area contributed by atoms with E-state index in [0.717, 1.165) is 18.2 Å². The molecule has 0 aliphatic carbocycles. The fraction of sp³-hybridized carbons (Fsp3) is 0.0800. The molecule has 11 heteroatoms. The highest BCUT2D eigenvalue weighted by atomic mass is 32.1. The third-order valence-electron chi connectivity index (χ3n) is 5.47. The smallest absolute Gasteiger partial charge is 0.255 e. The second-order valence-corrected chi connectivity index (χ2v) is 8.71. The number of phenols is 1. The van der Waals surface area contributed by atoms with Crippen LogP contribution in [-0.4, -0.2) is 36.8 Å². The van der Waals surface area contributed by atoms with Gasteiger partial charge in [-0.1, -0.05) is 17.9 Å².